The first-order chi connectivity index (χ1) is 13.1. The molecular formula is C21H21N3O2S. The monoisotopic (exact) mass is 379 g/mol. The predicted octanol–water partition coefficient (Wildman–Crippen LogP) is 2.99. The van der Waals surface area contributed by atoms with E-state index in [0.717, 1.165) is 29.4 Å². The van der Waals surface area contributed by atoms with E-state index in [0.29, 0.717) is 11.6 Å². The highest BCUT2D eigenvalue weighted by atomic mass is 32.2. The maximum atomic E-state index is 12.6. The number of aromatic nitrogens is 2. The Morgan fingerprint density at radius 1 is 1.15 bits per heavy atom. The molecule has 0 aliphatic rings. The maximum Gasteiger partial charge on any atom is 0.287 e. The Morgan fingerprint density at radius 2 is 1.96 bits per heavy atom. The Balaban J connectivity index is 1.57. The summed E-state index contributed by atoms with van der Waals surface area (Å²) in [5.41, 5.74) is 2.82. The molecule has 0 fully saturated rings. The summed E-state index contributed by atoms with van der Waals surface area (Å²) in [6.07, 6.45) is 4.00. The molecule has 0 spiro atoms. The summed E-state index contributed by atoms with van der Waals surface area (Å²) in [5, 5.41) is 3.20. The number of benzene rings is 2. The molecule has 0 saturated carbocycles. The molecule has 1 amide bonds. The molecule has 1 aromatic heterocycles. The number of aryl methyl sites for hydroxylation is 1. The predicted molar refractivity (Wildman–Crippen MR) is 108 cm³/mol. The molecule has 27 heavy (non-hydrogen) atoms. The topological polar surface area (TPSA) is 64.0 Å². The number of rotatable bonds is 7. The van der Waals surface area contributed by atoms with E-state index in [2.05, 4.69) is 10.3 Å². The van der Waals surface area contributed by atoms with Gasteiger partial charge in [0.15, 0.2) is 5.03 Å². The number of nitrogens with one attached hydrogen (secondary N) is 1. The highest BCUT2D eigenvalue weighted by Gasteiger charge is 2.10. The van der Waals surface area contributed by atoms with Crippen molar-refractivity contribution in [3.05, 3.63) is 88.5 Å². The van der Waals surface area contributed by atoms with E-state index in [9.17, 15) is 9.59 Å². The van der Waals surface area contributed by atoms with Gasteiger partial charge in [-0.15, -0.1) is 0 Å². The SMILES string of the molecule is Cc1cccc(-n2ccnc(SCC(=O)NCCc3ccccc3)c2=O)c1. The number of hydrogen-bond donors (Lipinski definition) is 1. The Hall–Kier alpha value is -2.86. The molecular weight excluding hydrogens is 358 g/mol. The third-order valence-electron chi connectivity index (χ3n) is 4.01. The lowest BCUT2D eigenvalue weighted by atomic mass is 10.1. The molecule has 1 heterocycles. The standard InChI is InChI=1S/C21H21N3O2S/c1-16-6-5-9-18(14-16)24-13-12-23-20(21(24)26)27-15-19(25)22-11-10-17-7-3-2-4-8-17/h2-9,12-14H,10-11,15H2,1H3,(H,22,25). The second kappa shape index (κ2) is 9.19. The van der Waals surface area contributed by atoms with Crippen molar-refractivity contribution in [2.45, 2.75) is 18.4 Å². The van der Waals surface area contributed by atoms with Crippen molar-refractivity contribution < 1.29 is 4.79 Å². The minimum Gasteiger partial charge on any atom is -0.355 e. The minimum absolute atomic E-state index is 0.108. The lowest BCUT2D eigenvalue weighted by molar-refractivity contribution is -0.118. The molecule has 0 aliphatic carbocycles. The van der Waals surface area contributed by atoms with Gasteiger partial charge in [0.05, 0.1) is 5.75 Å². The molecule has 138 valence electrons. The summed E-state index contributed by atoms with van der Waals surface area (Å²) in [4.78, 5) is 28.8. The Labute approximate surface area is 162 Å². The molecule has 0 bridgehead atoms. The zero-order valence-electron chi connectivity index (χ0n) is 15.1. The third kappa shape index (κ3) is 5.31. The first-order valence-corrected chi connectivity index (χ1v) is 9.70. The van der Waals surface area contributed by atoms with Crippen LogP contribution in [0, 0.1) is 6.92 Å². The Morgan fingerprint density at radius 3 is 2.74 bits per heavy atom. The van der Waals surface area contributed by atoms with Crippen LogP contribution in [0.25, 0.3) is 5.69 Å². The molecule has 0 atom stereocenters. The number of nitrogens with zero attached hydrogens (tertiary/aromatic N) is 2. The zero-order chi connectivity index (χ0) is 19.1. The number of carbonyl (C=O) groups excluding carboxylic acids is 1. The minimum atomic E-state index is -0.217. The van der Waals surface area contributed by atoms with E-state index in [-0.39, 0.29) is 17.2 Å². The van der Waals surface area contributed by atoms with Crippen LogP contribution in [0.15, 0.2) is 76.8 Å². The van der Waals surface area contributed by atoms with Gasteiger partial charge in [0, 0.05) is 24.6 Å². The van der Waals surface area contributed by atoms with Crippen molar-refractivity contribution in [1.82, 2.24) is 14.9 Å². The van der Waals surface area contributed by atoms with E-state index in [1.54, 1.807) is 17.0 Å². The number of hydrogen-bond acceptors (Lipinski definition) is 4. The van der Waals surface area contributed by atoms with Crippen molar-refractivity contribution in [1.29, 1.82) is 0 Å². The molecule has 0 radical (unpaired) electrons. The highest BCUT2D eigenvalue weighted by Crippen LogP contribution is 2.12. The molecule has 2 aromatic carbocycles. The van der Waals surface area contributed by atoms with Crippen LogP contribution in [0.4, 0.5) is 0 Å². The lowest BCUT2D eigenvalue weighted by Gasteiger charge is -2.08. The van der Waals surface area contributed by atoms with E-state index < -0.39 is 0 Å². The summed E-state index contributed by atoms with van der Waals surface area (Å²) in [6.45, 7) is 2.55. The fourth-order valence-electron chi connectivity index (χ4n) is 2.65. The molecule has 3 rings (SSSR count). The van der Waals surface area contributed by atoms with Crippen molar-refractivity contribution in [3.63, 3.8) is 0 Å². The first kappa shape index (κ1) is 18.9. The lowest BCUT2D eigenvalue weighted by Crippen LogP contribution is -2.28. The largest absolute Gasteiger partial charge is 0.355 e. The van der Waals surface area contributed by atoms with Gasteiger partial charge >= 0.3 is 0 Å². The third-order valence-corrected chi connectivity index (χ3v) is 4.97. The van der Waals surface area contributed by atoms with Gasteiger partial charge in [-0.3, -0.25) is 14.2 Å². The molecule has 1 N–H and O–H groups in total. The fraction of sp³-hybridized carbons (Fsp3) is 0.190. The van der Waals surface area contributed by atoms with Gasteiger partial charge in [-0.25, -0.2) is 4.98 Å². The normalized spacial score (nSPS) is 10.6. The van der Waals surface area contributed by atoms with Crippen molar-refractivity contribution in [2.75, 3.05) is 12.3 Å². The van der Waals surface area contributed by atoms with E-state index in [4.69, 9.17) is 0 Å². The van der Waals surface area contributed by atoms with Crippen LogP contribution in [0.1, 0.15) is 11.1 Å². The van der Waals surface area contributed by atoms with Gasteiger partial charge in [-0.2, -0.15) is 0 Å². The average molecular weight is 379 g/mol. The van der Waals surface area contributed by atoms with E-state index in [1.807, 2.05) is 61.5 Å². The maximum absolute atomic E-state index is 12.6. The number of thioether (sulfide) groups is 1. The summed E-state index contributed by atoms with van der Waals surface area (Å²) < 4.78 is 1.55. The summed E-state index contributed by atoms with van der Waals surface area (Å²) in [6, 6.07) is 17.7. The van der Waals surface area contributed by atoms with Gasteiger partial charge in [0.25, 0.3) is 5.56 Å². The van der Waals surface area contributed by atoms with Crippen molar-refractivity contribution in [2.24, 2.45) is 0 Å². The van der Waals surface area contributed by atoms with Crippen LogP contribution in [-0.4, -0.2) is 27.8 Å². The molecule has 3 aromatic rings. The van der Waals surface area contributed by atoms with Crippen molar-refractivity contribution >= 4 is 17.7 Å². The molecule has 6 heteroatoms. The summed E-state index contributed by atoms with van der Waals surface area (Å²) in [5.74, 6) is 0.0533. The summed E-state index contributed by atoms with van der Waals surface area (Å²) >= 11 is 1.16. The molecule has 0 saturated heterocycles. The number of amides is 1. The summed E-state index contributed by atoms with van der Waals surface area (Å²) in [7, 11) is 0. The Kier molecular flexibility index (Phi) is 6.44. The number of carbonyl (C=O) groups is 1. The van der Waals surface area contributed by atoms with Gasteiger partial charge in [-0.05, 0) is 36.6 Å². The Bertz CT molecular complexity index is 970. The van der Waals surface area contributed by atoms with Crippen molar-refractivity contribution in [3.8, 4) is 5.69 Å². The van der Waals surface area contributed by atoms with Gasteiger partial charge in [0.2, 0.25) is 5.91 Å². The van der Waals surface area contributed by atoms with Crippen LogP contribution in [0.5, 0.6) is 0 Å². The second-order valence-corrected chi connectivity index (χ2v) is 7.08. The van der Waals surface area contributed by atoms with Gasteiger partial charge in [-0.1, -0.05) is 54.2 Å². The quantitative estimate of drug-likeness (QED) is 0.641. The van der Waals surface area contributed by atoms with Gasteiger partial charge in [0.1, 0.15) is 0 Å². The van der Waals surface area contributed by atoms with Crippen LogP contribution in [0.3, 0.4) is 0 Å². The first-order valence-electron chi connectivity index (χ1n) is 8.71. The van der Waals surface area contributed by atoms with E-state index >= 15 is 0 Å². The molecule has 0 unspecified atom stereocenters. The molecule has 0 aliphatic heterocycles. The fourth-order valence-corrected chi connectivity index (χ4v) is 3.38. The van der Waals surface area contributed by atoms with Crippen LogP contribution < -0.4 is 10.9 Å². The van der Waals surface area contributed by atoms with Gasteiger partial charge < -0.3 is 5.32 Å². The average Bonchev–Trinajstić information content (AvgIpc) is 2.68. The van der Waals surface area contributed by atoms with E-state index in [1.165, 1.54) is 5.56 Å². The van der Waals surface area contributed by atoms with Crippen LogP contribution in [0.2, 0.25) is 0 Å². The smallest absolute Gasteiger partial charge is 0.287 e. The highest BCUT2D eigenvalue weighted by molar-refractivity contribution is 7.99. The zero-order valence-corrected chi connectivity index (χ0v) is 15.9. The molecule has 5 nitrogen and oxygen atoms in total. The van der Waals surface area contributed by atoms with Crippen LogP contribution >= 0.6 is 11.8 Å². The second-order valence-electron chi connectivity index (χ2n) is 6.12. The van der Waals surface area contributed by atoms with Crippen LogP contribution in [-0.2, 0) is 11.2 Å².